The highest BCUT2D eigenvalue weighted by Crippen LogP contribution is 2.20. The predicted molar refractivity (Wildman–Crippen MR) is 83.6 cm³/mol. The number of primary amides is 1. The minimum Gasteiger partial charge on any atom is -0.375 e. The molecule has 1 heterocycles. The van der Waals surface area contributed by atoms with E-state index in [1.165, 1.54) is 10.6 Å². The SMILES string of the molecule is CCOCc1c(Br)cc(C(N)=O)c(=O)n1-c1ccccc1. The van der Waals surface area contributed by atoms with Gasteiger partial charge >= 0.3 is 0 Å². The lowest BCUT2D eigenvalue weighted by molar-refractivity contribution is 0.0997. The Hall–Kier alpha value is -1.92. The van der Waals surface area contributed by atoms with E-state index in [2.05, 4.69) is 15.9 Å². The van der Waals surface area contributed by atoms with Gasteiger partial charge in [-0.2, -0.15) is 0 Å². The molecule has 21 heavy (non-hydrogen) atoms. The lowest BCUT2D eigenvalue weighted by Crippen LogP contribution is -2.31. The number of hydrogen-bond donors (Lipinski definition) is 1. The summed E-state index contributed by atoms with van der Waals surface area (Å²) >= 11 is 3.38. The van der Waals surface area contributed by atoms with Gasteiger partial charge in [0.2, 0.25) is 0 Å². The Bertz CT molecular complexity index is 711. The molecule has 0 aliphatic heterocycles. The molecule has 2 rings (SSSR count). The largest absolute Gasteiger partial charge is 0.375 e. The minimum absolute atomic E-state index is 0.0639. The maximum Gasteiger partial charge on any atom is 0.268 e. The second kappa shape index (κ2) is 6.69. The molecular formula is C15H15BrN2O3. The van der Waals surface area contributed by atoms with Crippen molar-refractivity contribution in [1.29, 1.82) is 0 Å². The Labute approximate surface area is 130 Å². The van der Waals surface area contributed by atoms with Crippen LogP contribution in [0, 0.1) is 0 Å². The summed E-state index contributed by atoms with van der Waals surface area (Å²) in [5.74, 6) is -0.756. The van der Waals surface area contributed by atoms with E-state index in [4.69, 9.17) is 10.5 Å². The van der Waals surface area contributed by atoms with Crippen molar-refractivity contribution in [3.05, 3.63) is 62.5 Å². The topological polar surface area (TPSA) is 74.3 Å². The molecule has 0 saturated carbocycles. The summed E-state index contributed by atoms with van der Waals surface area (Å²) in [7, 11) is 0. The highest BCUT2D eigenvalue weighted by Gasteiger charge is 2.17. The minimum atomic E-state index is -0.756. The monoisotopic (exact) mass is 350 g/mol. The summed E-state index contributed by atoms with van der Waals surface area (Å²) in [5.41, 5.74) is 6.05. The van der Waals surface area contributed by atoms with Crippen molar-refractivity contribution in [2.24, 2.45) is 5.73 Å². The van der Waals surface area contributed by atoms with Crippen LogP contribution in [0.2, 0.25) is 0 Å². The molecule has 0 unspecified atom stereocenters. The molecule has 0 fully saturated rings. The highest BCUT2D eigenvalue weighted by molar-refractivity contribution is 9.10. The van der Waals surface area contributed by atoms with Crippen molar-refractivity contribution in [3.63, 3.8) is 0 Å². The van der Waals surface area contributed by atoms with Crippen LogP contribution in [0.15, 0.2) is 45.7 Å². The quantitative estimate of drug-likeness (QED) is 0.898. The Morgan fingerprint density at radius 3 is 2.57 bits per heavy atom. The molecule has 0 atom stereocenters. The molecule has 1 amide bonds. The number of amides is 1. The van der Waals surface area contributed by atoms with Crippen LogP contribution in [0.3, 0.4) is 0 Å². The Morgan fingerprint density at radius 2 is 2.00 bits per heavy atom. The molecule has 6 heteroatoms. The van der Waals surface area contributed by atoms with E-state index < -0.39 is 11.5 Å². The summed E-state index contributed by atoms with van der Waals surface area (Å²) in [6.45, 7) is 2.64. The van der Waals surface area contributed by atoms with Crippen LogP contribution in [-0.4, -0.2) is 17.1 Å². The Kier molecular flexibility index (Phi) is 4.93. The fourth-order valence-corrected chi connectivity index (χ4v) is 2.50. The first-order chi connectivity index (χ1) is 10.1. The molecule has 1 aromatic carbocycles. The van der Waals surface area contributed by atoms with Crippen molar-refractivity contribution < 1.29 is 9.53 Å². The van der Waals surface area contributed by atoms with E-state index in [0.717, 1.165) is 0 Å². The van der Waals surface area contributed by atoms with E-state index >= 15 is 0 Å². The number of rotatable bonds is 5. The van der Waals surface area contributed by atoms with Crippen LogP contribution < -0.4 is 11.3 Å². The maximum absolute atomic E-state index is 12.5. The van der Waals surface area contributed by atoms with Crippen molar-refractivity contribution in [2.75, 3.05) is 6.61 Å². The molecule has 0 radical (unpaired) electrons. The summed E-state index contributed by atoms with van der Waals surface area (Å²) in [6.07, 6.45) is 0. The average molecular weight is 351 g/mol. The number of carbonyl (C=O) groups is 1. The number of carbonyl (C=O) groups excluding carboxylic acids is 1. The van der Waals surface area contributed by atoms with Gasteiger partial charge in [0.05, 0.1) is 12.3 Å². The zero-order chi connectivity index (χ0) is 15.4. The zero-order valence-corrected chi connectivity index (χ0v) is 13.1. The van der Waals surface area contributed by atoms with Gasteiger partial charge in [0.15, 0.2) is 0 Å². The molecule has 0 bridgehead atoms. The normalized spacial score (nSPS) is 10.6. The van der Waals surface area contributed by atoms with Gasteiger partial charge in [-0.25, -0.2) is 0 Å². The Balaban J connectivity index is 2.73. The molecule has 2 N–H and O–H groups in total. The molecule has 0 aliphatic carbocycles. The first-order valence-corrected chi connectivity index (χ1v) is 7.23. The van der Waals surface area contributed by atoms with Crippen LogP contribution in [-0.2, 0) is 11.3 Å². The van der Waals surface area contributed by atoms with E-state index in [0.29, 0.717) is 22.5 Å². The molecule has 0 saturated heterocycles. The first kappa shape index (κ1) is 15.5. The van der Waals surface area contributed by atoms with E-state index in [1.807, 2.05) is 25.1 Å². The number of aromatic nitrogens is 1. The third kappa shape index (κ3) is 3.22. The number of hydrogen-bond acceptors (Lipinski definition) is 3. The molecule has 1 aromatic heterocycles. The van der Waals surface area contributed by atoms with Crippen LogP contribution in [0.5, 0.6) is 0 Å². The third-order valence-corrected chi connectivity index (χ3v) is 3.66. The van der Waals surface area contributed by atoms with Gasteiger partial charge in [0.1, 0.15) is 5.56 Å². The van der Waals surface area contributed by atoms with E-state index in [9.17, 15) is 9.59 Å². The standard InChI is InChI=1S/C15H15BrN2O3/c1-2-21-9-13-12(16)8-11(14(17)19)15(20)18(13)10-6-4-3-5-7-10/h3-8H,2,9H2,1H3,(H2,17,19). The van der Waals surface area contributed by atoms with Crippen molar-refractivity contribution in [1.82, 2.24) is 4.57 Å². The summed E-state index contributed by atoms with van der Waals surface area (Å²) in [6, 6.07) is 10.5. The average Bonchev–Trinajstić information content (AvgIpc) is 2.48. The van der Waals surface area contributed by atoms with Crippen LogP contribution in [0.1, 0.15) is 23.0 Å². The van der Waals surface area contributed by atoms with Crippen molar-refractivity contribution in [3.8, 4) is 5.69 Å². The second-order valence-corrected chi connectivity index (χ2v) is 5.18. The number of pyridine rings is 1. The lowest BCUT2D eigenvalue weighted by atomic mass is 10.2. The van der Waals surface area contributed by atoms with Gasteiger partial charge in [0, 0.05) is 16.8 Å². The highest BCUT2D eigenvalue weighted by atomic mass is 79.9. The van der Waals surface area contributed by atoms with E-state index in [1.54, 1.807) is 12.1 Å². The predicted octanol–water partition coefficient (Wildman–Crippen LogP) is 2.24. The summed E-state index contributed by atoms with van der Waals surface area (Å²) in [5, 5.41) is 0. The number of ether oxygens (including phenoxy) is 1. The van der Waals surface area contributed by atoms with Gasteiger partial charge in [-0.3, -0.25) is 14.2 Å². The number of nitrogens with two attached hydrogens (primary N) is 1. The molecule has 5 nitrogen and oxygen atoms in total. The zero-order valence-electron chi connectivity index (χ0n) is 11.5. The van der Waals surface area contributed by atoms with Gasteiger partial charge in [-0.1, -0.05) is 18.2 Å². The summed E-state index contributed by atoms with van der Waals surface area (Å²) in [4.78, 5) is 24.0. The van der Waals surface area contributed by atoms with Gasteiger partial charge in [-0.15, -0.1) is 0 Å². The summed E-state index contributed by atoms with van der Waals surface area (Å²) < 4.78 is 7.46. The number of para-hydroxylation sites is 1. The third-order valence-electron chi connectivity index (χ3n) is 2.97. The molecule has 110 valence electrons. The van der Waals surface area contributed by atoms with E-state index in [-0.39, 0.29) is 12.2 Å². The fourth-order valence-electron chi connectivity index (χ4n) is 1.98. The molecule has 2 aromatic rings. The maximum atomic E-state index is 12.5. The van der Waals surface area contributed by atoms with Crippen LogP contribution in [0.25, 0.3) is 5.69 Å². The number of nitrogens with zero attached hydrogens (tertiary/aromatic N) is 1. The fraction of sp³-hybridized carbons (Fsp3) is 0.200. The van der Waals surface area contributed by atoms with Crippen LogP contribution in [0.4, 0.5) is 0 Å². The second-order valence-electron chi connectivity index (χ2n) is 4.33. The number of halogens is 1. The van der Waals surface area contributed by atoms with Gasteiger partial charge < -0.3 is 10.5 Å². The first-order valence-electron chi connectivity index (χ1n) is 6.43. The van der Waals surface area contributed by atoms with Crippen molar-refractivity contribution in [2.45, 2.75) is 13.5 Å². The molecule has 0 aliphatic rings. The molecule has 0 spiro atoms. The van der Waals surface area contributed by atoms with Gasteiger partial charge in [-0.05, 0) is 41.1 Å². The smallest absolute Gasteiger partial charge is 0.268 e. The number of benzene rings is 1. The molecular weight excluding hydrogens is 336 g/mol. The lowest BCUT2D eigenvalue weighted by Gasteiger charge is -2.16. The van der Waals surface area contributed by atoms with Crippen LogP contribution >= 0.6 is 15.9 Å². The van der Waals surface area contributed by atoms with Gasteiger partial charge in [0.25, 0.3) is 11.5 Å². The van der Waals surface area contributed by atoms with Crippen molar-refractivity contribution >= 4 is 21.8 Å². The Morgan fingerprint density at radius 1 is 1.33 bits per heavy atom.